The lowest BCUT2D eigenvalue weighted by molar-refractivity contribution is -0.929. The van der Waals surface area contributed by atoms with Crippen molar-refractivity contribution < 1.29 is 4.90 Å². The van der Waals surface area contributed by atoms with Gasteiger partial charge in [0.05, 0.1) is 29.7 Å². The molecule has 0 unspecified atom stereocenters. The summed E-state index contributed by atoms with van der Waals surface area (Å²) in [7, 11) is 0. The van der Waals surface area contributed by atoms with E-state index in [0.717, 1.165) is 36.9 Å². The minimum absolute atomic E-state index is 0.0782. The van der Waals surface area contributed by atoms with Crippen LogP contribution in [0, 0.1) is 10.7 Å². The van der Waals surface area contributed by atoms with Crippen molar-refractivity contribution in [3.8, 4) is 5.69 Å². The van der Waals surface area contributed by atoms with Gasteiger partial charge in [-0.2, -0.15) is 4.68 Å². The molecule has 0 amide bonds. The Bertz CT molecular complexity index is 1300. The summed E-state index contributed by atoms with van der Waals surface area (Å²) in [5, 5.41) is 5.47. The third-order valence-corrected chi connectivity index (χ3v) is 6.36. The normalized spacial score (nSPS) is 19.8. The molecule has 0 spiro atoms. The highest BCUT2D eigenvalue weighted by molar-refractivity contribution is 7.71. The van der Waals surface area contributed by atoms with Crippen LogP contribution in [-0.2, 0) is 6.67 Å². The number of nitrogens with zero attached hydrogens (tertiary/aromatic N) is 4. The lowest BCUT2D eigenvalue weighted by Gasteiger charge is -2.26. The molecule has 29 heavy (non-hydrogen) atoms. The summed E-state index contributed by atoms with van der Waals surface area (Å²) < 4.78 is 6.13. The van der Waals surface area contributed by atoms with E-state index in [1.165, 1.54) is 17.7 Å². The Labute approximate surface area is 173 Å². The first-order chi connectivity index (χ1) is 14.1. The van der Waals surface area contributed by atoms with Gasteiger partial charge in [-0.3, -0.25) is 9.20 Å². The van der Waals surface area contributed by atoms with Crippen LogP contribution in [0.4, 0.5) is 0 Å². The van der Waals surface area contributed by atoms with Gasteiger partial charge in [0.1, 0.15) is 0 Å². The highest BCUT2D eigenvalue weighted by Crippen LogP contribution is 2.17. The van der Waals surface area contributed by atoms with Crippen LogP contribution in [0.15, 0.2) is 59.4 Å². The fourth-order valence-corrected chi connectivity index (χ4v) is 4.55. The average molecular weight is 407 g/mol. The molecular formula is C22H24N5OS+. The Morgan fingerprint density at radius 3 is 2.52 bits per heavy atom. The van der Waals surface area contributed by atoms with Crippen molar-refractivity contribution in [2.24, 2.45) is 5.92 Å². The van der Waals surface area contributed by atoms with Crippen LogP contribution in [0.3, 0.4) is 0 Å². The first-order valence-corrected chi connectivity index (χ1v) is 10.6. The van der Waals surface area contributed by atoms with Crippen molar-refractivity contribution in [1.82, 2.24) is 18.7 Å². The maximum atomic E-state index is 13.4. The van der Waals surface area contributed by atoms with Gasteiger partial charge >= 0.3 is 0 Å². The van der Waals surface area contributed by atoms with Crippen LogP contribution in [0.1, 0.15) is 19.8 Å². The first-order valence-electron chi connectivity index (χ1n) is 10.2. The third kappa shape index (κ3) is 3.10. The molecule has 2 aromatic heterocycles. The number of likely N-dealkylation sites (tertiary alicyclic amines) is 1. The van der Waals surface area contributed by atoms with Crippen molar-refractivity contribution in [2.45, 2.75) is 26.4 Å². The second-order valence-electron chi connectivity index (χ2n) is 8.00. The van der Waals surface area contributed by atoms with Crippen molar-refractivity contribution in [1.29, 1.82) is 0 Å². The van der Waals surface area contributed by atoms with E-state index in [2.05, 4.69) is 6.92 Å². The molecule has 1 aliphatic heterocycles. The van der Waals surface area contributed by atoms with E-state index in [4.69, 9.17) is 17.3 Å². The molecule has 5 rings (SSSR count). The number of nitrogens with one attached hydrogen (secondary N) is 1. The molecule has 3 heterocycles. The Morgan fingerprint density at radius 1 is 1.07 bits per heavy atom. The number of hydrogen-bond acceptors (Lipinski definition) is 3. The van der Waals surface area contributed by atoms with Gasteiger partial charge in [0, 0.05) is 0 Å². The fourth-order valence-electron chi connectivity index (χ4n) is 4.27. The van der Waals surface area contributed by atoms with Gasteiger partial charge in [-0.15, -0.1) is 5.10 Å². The maximum absolute atomic E-state index is 13.4. The lowest BCUT2D eigenvalue weighted by atomic mass is 10.00. The SMILES string of the molecule is CC1CC[NH+](Cn2nc3n(-c4ccccc4)c(=O)c4ccccc4n3c2=S)CC1. The van der Waals surface area contributed by atoms with Gasteiger partial charge < -0.3 is 4.90 Å². The van der Waals surface area contributed by atoms with Crippen molar-refractivity contribution >= 4 is 28.9 Å². The molecule has 0 bridgehead atoms. The number of para-hydroxylation sites is 2. The highest BCUT2D eigenvalue weighted by Gasteiger charge is 2.22. The number of piperidine rings is 1. The van der Waals surface area contributed by atoms with Crippen molar-refractivity contribution in [3.05, 3.63) is 69.7 Å². The van der Waals surface area contributed by atoms with Gasteiger partial charge in [0.15, 0.2) is 6.67 Å². The van der Waals surface area contributed by atoms with Crippen molar-refractivity contribution in [2.75, 3.05) is 13.1 Å². The van der Waals surface area contributed by atoms with E-state index < -0.39 is 0 Å². The largest absolute Gasteiger partial charge is 0.316 e. The smallest absolute Gasteiger partial charge is 0.267 e. The van der Waals surface area contributed by atoms with Gasteiger partial charge in [-0.25, -0.2) is 4.57 Å². The molecule has 0 saturated carbocycles. The van der Waals surface area contributed by atoms with Crippen LogP contribution >= 0.6 is 12.2 Å². The van der Waals surface area contributed by atoms with E-state index in [9.17, 15) is 4.79 Å². The molecule has 0 radical (unpaired) electrons. The molecule has 7 heteroatoms. The standard InChI is InChI=1S/C22H23N5OS/c1-16-11-13-24(14-12-16)15-25-22(29)27-19-10-6-5-9-18(19)20(28)26(21(27)23-25)17-7-3-2-4-8-17/h2-10,16H,11-15H2,1H3/p+1. The third-order valence-electron chi connectivity index (χ3n) is 5.97. The van der Waals surface area contributed by atoms with Gasteiger partial charge in [0.2, 0.25) is 10.5 Å². The molecule has 6 nitrogen and oxygen atoms in total. The zero-order chi connectivity index (χ0) is 20.0. The monoisotopic (exact) mass is 406 g/mol. The van der Waals surface area contributed by atoms with Crippen LogP contribution in [0.2, 0.25) is 0 Å². The number of fused-ring (bicyclic) bond motifs is 3. The van der Waals surface area contributed by atoms with Crippen LogP contribution in [0.25, 0.3) is 22.4 Å². The molecule has 1 saturated heterocycles. The van der Waals surface area contributed by atoms with Gasteiger partial charge in [-0.05, 0) is 55.2 Å². The molecule has 1 aliphatic rings. The summed E-state index contributed by atoms with van der Waals surface area (Å²) >= 11 is 5.83. The molecule has 0 atom stereocenters. The van der Waals surface area contributed by atoms with Gasteiger partial charge in [0.25, 0.3) is 5.56 Å². The zero-order valence-corrected chi connectivity index (χ0v) is 17.2. The molecule has 1 fully saturated rings. The van der Waals surface area contributed by atoms with E-state index >= 15 is 0 Å². The average Bonchev–Trinajstić information content (AvgIpc) is 3.06. The predicted octanol–water partition coefficient (Wildman–Crippen LogP) is 2.44. The summed E-state index contributed by atoms with van der Waals surface area (Å²) in [6, 6.07) is 17.3. The Kier molecular flexibility index (Phi) is 4.56. The summed E-state index contributed by atoms with van der Waals surface area (Å²) in [5.74, 6) is 1.36. The number of quaternary nitrogens is 1. The van der Waals surface area contributed by atoms with E-state index in [1.54, 1.807) is 4.57 Å². The zero-order valence-electron chi connectivity index (χ0n) is 16.4. The second-order valence-corrected chi connectivity index (χ2v) is 8.37. The minimum atomic E-state index is -0.0782. The first kappa shape index (κ1) is 18.3. The van der Waals surface area contributed by atoms with E-state index in [-0.39, 0.29) is 5.56 Å². The highest BCUT2D eigenvalue weighted by atomic mass is 32.1. The fraction of sp³-hybridized carbons (Fsp3) is 0.318. The Hall–Kier alpha value is -2.77. The van der Waals surface area contributed by atoms with Crippen molar-refractivity contribution in [3.63, 3.8) is 0 Å². The predicted molar refractivity (Wildman–Crippen MR) is 116 cm³/mol. The molecule has 1 N–H and O–H groups in total. The van der Waals surface area contributed by atoms with E-state index in [0.29, 0.717) is 15.9 Å². The summed E-state index contributed by atoms with van der Waals surface area (Å²) in [5.41, 5.74) is 1.52. The van der Waals surface area contributed by atoms with E-state index in [1.807, 2.05) is 63.7 Å². The quantitative estimate of drug-likeness (QED) is 0.532. The molecule has 148 valence electrons. The summed E-state index contributed by atoms with van der Waals surface area (Å²) in [6.45, 7) is 5.30. The molecule has 2 aromatic carbocycles. The summed E-state index contributed by atoms with van der Waals surface area (Å²) in [4.78, 5) is 14.8. The Balaban J connectivity index is 1.75. The van der Waals surface area contributed by atoms with Crippen LogP contribution in [-0.4, -0.2) is 31.8 Å². The number of hydrogen-bond donors (Lipinski definition) is 1. The Morgan fingerprint density at radius 2 is 1.76 bits per heavy atom. The second kappa shape index (κ2) is 7.24. The van der Waals surface area contributed by atoms with Gasteiger partial charge in [-0.1, -0.05) is 37.3 Å². The topological polar surface area (TPSA) is 48.7 Å². The van der Waals surface area contributed by atoms with Crippen LogP contribution in [0.5, 0.6) is 0 Å². The maximum Gasteiger partial charge on any atom is 0.267 e. The summed E-state index contributed by atoms with van der Waals surface area (Å²) in [6.07, 6.45) is 2.46. The molecular weight excluding hydrogens is 382 g/mol. The number of rotatable bonds is 3. The lowest BCUT2D eigenvalue weighted by Crippen LogP contribution is -3.12. The number of aromatic nitrogens is 4. The molecule has 0 aliphatic carbocycles. The minimum Gasteiger partial charge on any atom is -0.316 e. The van der Waals surface area contributed by atoms with Crippen LogP contribution < -0.4 is 10.5 Å². The number of benzene rings is 2. The molecule has 4 aromatic rings.